The average Bonchev–Trinajstić information content (AvgIpc) is 2.57. The van der Waals surface area contributed by atoms with Crippen LogP contribution in [0.5, 0.6) is 0 Å². The number of rotatable bonds is 4. The van der Waals surface area contributed by atoms with Gasteiger partial charge in [0.15, 0.2) is 0 Å². The Labute approximate surface area is 127 Å². The molecule has 2 heteroatoms. The lowest BCUT2D eigenvalue weighted by atomic mass is 10.2. The largest absolute Gasteiger partial charge is 0.360 e. The molecule has 0 bridgehead atoms. The van der Waals surface area contributed by atoms with Crippen LogP contribution in [0, 0.1) is 0 Å². The second-order valence-corrected chi connectivity index (χ2v) is 5.59. The van der Waals surface area contributed by atoms with Gasteiger partial charge < -0.3 is 9.80 Å². The lowest BCUT2D eigenvalue weighted by Gasteiger charge is -2.33. The summed E-state index contributed by atoms with van der Waals surface area (Å²) in [5.74, 6) is 0. The van der Waals surface area contributed by atoms with Crippen LogP contribution < -0.4 is 9.80 Å². The normalized spacial score (nSPS) is 16.5. The molecule has 108 valence electrons. The Morgan fingerprint density at radius 3 is 2.14 bits per heavy atom. The molecule has 0 amide bonds. The number of para-hydroxylation sites is 1. The minimum absolute atomic E-state index is 1.12. The lowest BCUT2D eigenvalue weighted by Crippen LogP contribution is -3.14. The standard InChI is InChI=1S/C19H22N2/c1-3-8-18(9-4-1)10-7-13-20-14-16-21(17-15-20)19-11-5-2-6-12-19/h1-12H,13-17H2/p+1/b10-7+. The molecule has 0 aromatic heterocycles. The maximum absolute atomic E-state index is 2.49. The minimum atomic E-state index is 1.12. The van der Waals surface area contributed by atoms with E-state index in [0.717, 1.165) is 19.6 Å². The molecule has 0 radical (unpaired) electrons. The van der Waals surface area contributed by atoms with Gasteiger partial charge in [0, 0.05) is 5.69 Å². The van der Waals surface area contributed by atoms with E-state index in [-0.39, 0.29) is 0 Å². The molecule has 1 N–H and O–H groups in total. The summed E-state index contributed by atoms with van der Waals surface area (Å²) >= 11 is 0. The van der Waals surface area contributed by atoms with E-state index in [4.69, 9.17) is 0 Å². The highest BCUT2D eigenvalue weighted by molar-refractivity contribution is 5.48. The van der Waals surface area contributed by atoms with E-state index in [2.05, 4.69) is 77.7 Å². The summed E-state index contributed by atoms with van der Waals surface area (Å²) in [7, 11) is 0. The van der Waals surface area contributed by atoms with Crippen LogP contribution in [0.1, 0.15) is 5.56 Å². The number of hydrogen-bond acceptors (Lipinski definition) is 1. The van der Waals surface area contributed by atoms with Gasteiger partial charge in [0.25, 0.3) is 0 Å². The third-order valence-corrected chi connectivity index (χ3v) is 4.11. The zero-order valence-corrected chi connectivity index (χ0v) is 12.4. The molecule has 0 saturated carbocycles. The Morgan fingerprint density at radius 1 is 0.857 bits per heavy atom. The van der Waals surface area contributed by atoms with Gasteiger partial charge in [0.05, 0.1) is 32.7 Å². The molecule has 2 aromatic carbocycles. The highest BCUT2D eigenvalue weighted by Crippen LogP contribution is 2.12. The maximum Gasteiger partial charge on any atom is 0.0962 e. The molecule has 1 fully saturated rings. The van der Waals surface area contributed by atoms with Crippen molar-refractivity contribution in [1.82, 2.24) is 0 Å². The van der Waals surface area contributed by atoms with Crippen molar-refractivity contribution < 1.29 is 4.90 Å². The van der Waals surface area contributed by atoms with Gasteiger partial charge in [0.2, 0.25) is 0 Å². The average molecular weight is 279 g/mol. The van der Waals surface area contributed by atoms with Gasteiger partial charge in [-0.05, 0) is 23.8 Å². The van der Waals surface area contributed by atoms with Crippen molar-refractivity contribution in [3.63, 3.8) is 0 Å². The molecule has 0 spiro atoms. The first-order valence-corrected chi connectivity index (χ1v) is 7.77. The minimum Gasteiger partial charge on any atom is -0.360 e. The summed E-state index contributed by atoms with van der Waals surface area (Å²) < 4.78 is 0. The fraction of sp³-hybridized carbons (Fsp3) is 0.263. The van der Waals surface area contributed by atoms with E-state index < -0.39 is 0 Å². The highest BCUT2D eigenvalue weighted by atomic mass is 15.3. The maximum atomic E-state index is 2.49. The predicted molar refractivity (Wildman–Crippen MR) is 89.7 cm³/mol. The molecular formula is C19H23N2+. The fourth-order valence-electron chi connectivity index (χ4n) is 2.85. The van der Waals surface area contributed by atoms with Gasteiger partial charge in [-0.2, -0.15) is 0 Å². The molecule has 1 aliphatic rings. The SMILES string of the molecule is C(=C\c1ccccc1)/C[NH+]1CCN(c2ccccc2)CC1. The third kappa shape index (κ3) is 3.96. The topological polar surface area (TPSA) is 7.68 Å². The number of benzene rings is 2. The van der Waals surface area contributed by atoms with E-state index in [1.807, 2.05) is 0 Å². The summed E-state index contributed by atoms with van der Waals surface area (Å²) in [5.41, 5.74) is 2.65. The second kappa shape index (κ2) is 7.09. The monoisotopic (exact) mass is 279 g/mol. The van der Waals surface area contributed by atoms with E-state index in [1.54, 1.807) is 4.90 Å². The molecule has 0 aliphatic carbocycles. The van der Waals surface area contributed by atoms with Crippen molar-refractivity contribution in [3.05, 3.63) is 72.3 Å². The van der Waals surface area contributed by atoms with Crippen molar-refractivity contribution in [2.45, 2.75) is 0 Å². The first kappa shape index (κ1) is 13.9. The van der Waals surface area contributed by atoms with E-state index in [9.17, 15) is 0 Å². The molecule has 1 saturated heterocycles. The smallest absolute Gasteiger partial charge is 0.0962 e. The Hall–Kier alpha value is -2.06. The van der Waals surface area contributed by atoms with E-state index in [0.29, 0.717) is 0 Å². The zero-order valence-electron chi connectivity index (χ0n) is 12.4. The van der Waals surface area contributed by atoms with Crippen molar-refractivity contribution in [2.24, 2.45) is 0 Å². The number of hydrogen-bond donors (Lipinski definition) is 1. The molecular weight excluding hydrogens is 256 g/mol. The van der Waals surface area contributed by atoms with Gasteiger partial charge >= 0.3 is 0 Å². The van der Waals surface area contributed by atoms with Gasteiger partial charge in [0.1, 0.15) is 0 Å². The van der Waals surface area contributed by atoms with Gasteiger partial charge in [-0.15, -0.1) is 0 Å². The quantitative estimate of drug-likeness (QED) is 0.900. The summed E-state index contributed by atoms with van der Waals surface area (Å²) in [6.07, 6.45) is 4.54. The van der Waals surface area contributed by atoms with E-state index >= 15 is 0 Å². The summed E-state index contributed by atoms with van der Waals surface area (Å²) in [4.78, 5) is 4.17. The van der Waals surface area contributed by atoms with Crippen LogP contribution in [0.2, 0.25) is 0 Å². The fourth-order valence-corrected chi connectivity index (χ4v) is 2.85. The highest BCUT2D eigenvalue weighted by Gasteiger charge is 2.18. The second-order valence-electron chi connectivity index (χ2n) is 5.59. The Balaban J connectivity index is 1.47. The van der Waals surface area contributed by atoms with Crippen molar-refractivity contribution in [2.75, 3.05) is 37.6 Å². The summed E-state index contributed by atoms with van der Waals surface area (Å²) in [5, 5.41) is 0. The van der Waals surface area contributed by atoms with Crippen LogP contribution in [0.15, 0.2) is 66.7 Å². The van der Waals surface area contributed by atoms with Crippen LogP contribution in [-0.2, 0) is 0 Å². The Kier molecular flexibility index (Phi) is 4.70. The molecule has 21 heavy (non-hydrogen) atoms. The van der Waals surface area contributed by atoms with Crippen molar-refractivity contribution >= 4 is 11.8 Å². The van der Waals surface area contributed by atoms with Crippen LogP contribution in [-0.4, -0.2) is 32.7 Å². The molecule has 2 nitrogen and oxygen atoms in total. The van der Waals surface area contributed by atoms with Crippen LogP contribution >= 0.6 is 0 Å². The van der Waals surface area contributed by atoms with Gasteiger partial charge in [-0.25, -0.2) is 0 Å². The number of piperazine rings is 1. The lowest BCUT2D eigenvalue weighted by molar-refractivity contribution is -0.894. The molecule has 0 unspecified atom stereocenters. The van der Waals surface area contributed by atoms with E-state index in [1.165, 1.54) is 24.3 Å². The molecule has 1 aliphatic heterocycles. The molecule has 2 aromatic rings. The summed E-state index contributed by atoms with van der Waals surface area (Å²) in [6, 6.07) is 21.3. The zero-order chi connectivity index (χ0) is 14.3. The first-order chi connectivity index (χ1) is 10.4. The van der Waals surface area contributed by atoms with Crippen LogP contribution in [0.3, 0.4) is 0 Å². The molecule has 0 atom stereocenters. The number of nitrogens with one attached hydrogen (secondary N) is 1. The predicted octanol–water partition coefficient (Wildman–Crippen LogP) is 2.10. The number of nitrogens with zero attached hydrogens (tertiary/aromatic N) is 1. The van der Waals surface area contributed by atoms with Gasteiger partial charge in [-0.1, -0.05) is 54.6 Å². The van der Waals surface area contributed by atoms with Crippen LogP contribution in [0.4, 0.5) is 5.69 Å². The van der Waals surface area contributed by atoms with Crippen LogP contribution in [0.25, 0.3) is 6.08 Å². The number of quaternary nitrogens is 1. The first-order valence-electron chi connectivity index (χ1n) is 7.77. The van der Waals surface area contributed by atoms with Gasteiger partial charge in [-0.3, -0.25) is 0 Å². The molecule has 1 heterocycles. The molecule has 3 rings (SSSR count). The van der Waals surface area contributed by atoms with Crippen molar-refractivity contribution in [1.29, 1.82) is 0 Å². The third-order valence-electron chi connectivity index (χ3n) is 4.11. The number of anilines is 1. The Bertz CT molecular complexity index is 555. The summed E-state index contributed by atoms with van der Waals surface area (Å²) in [6.45, 7) is 5.86. The Morgan fingerprint density at radius 2 is 1.48 bits per heavy atom. The van der Waals surface area contributed by atoms with Crippen molar-refractivity contribution in [3.8, 4) is 0 Å².